The van der Waals surface area contributed by atoms with Crippen molar-refractivity contribution in [2.45, 2.75) is 39.2 Å². The van der Waals surface area contributed by atoms with Crippen LogP contribution in [0.4, 0.5) is 10.6 Å². The fourth-order valence-corrected chi connectivity index (χ4v) is 5.72. The Morgan fingerprint density at radius 2 is 2.03 bits per heavy atom. The minimum Gasteiger partial charge on any atom is -0.450 e. The van der Waals surface area contributed by atoms with Gasteiger partial charge in [0.05, 0.1) is 12.3 Å². The third-order valence-electron chi connectivity index (χ3n) is 7.56. The minimum absolute atomic E-state index is 0.149. The number of nitrogens with zero attached hydrogens (tertiary/aromatic N) is 6. The summed E-state index contributed by atoms with van der Waals surface area (Å²) in [6.07, 6.45) is 5.39. The Labute approximate surface area is 190 Å². The van der Waals surface area contributed by atoms with Crippen LogP contribution in [0.3, 0.4) is 0 Å². The van der Waals surface area contributed by atoms with Crippen molar-refractivity contribution in [1.29, 1.82) is 0 Å². The average Bonchev–Trinajstić information content (AvgIpc) is 3.37. The van der Waals surface area contributed by atoms with E-state index in [2.05, 4.69) is 34.0 Å². The summed E-state index contributed by atoms with van der Waals surface area (Å²) in [5.74, 6) is 1.04. The van der Waals surface area contributed by atoms with E-state index in [-0.39, 0.29) is 6.09 Å². The quantitative estimate of drug-likeness (QED) is 0.731. The van der Waals surface area contributed by atoms with E-state index in [1.54, 1.807) is 0 Å². The minimum atomic E-state index is -0.149. The molecule has 0 N–H and O–H groups in total. The number of ether oxygens (including phenoxy) is 1. The number of hydrogen-bond acceptors (Lipinski definition) is 6. The van der Waals surface area contributed by atoms with Crippen molar-refractivity contribution in [3.8, 4) is 11.3 Å². The number of hydrogen-bond donors (Lipinski definition) is 0. The van der Waals surface area contributed by atoms with Crippen molar-refractivity contribution >= 4 is 11.9 Å². The molecule has 1 spiro atoms. The second-order valence-corrected chi connectivity index (χ2v) is 9.64. The third-order valence-corrected chi connectivity index (χ3v) is 7.56. The van der Waals surface area contributed by atoms with Crippen LogP contribution in [0, 0.1) is 12.3 Å². The largest absolute Gasteiger partial charge is 0.450 e. The molecule has 1 atom stereocenters. The average molecular weight is 439 g/mol. The molecule has 0 aromatic carbocycles. The summed E-state index contributed by atoms with van der Waals surface area (Å²) < 4.78 is 7.07. The van der Waals surface area contributed by atoms with Gasteiger partial charge in [-0.15, -0.1) is 0 Å². The standard InChI is InChI=1S/C24H34N6O2/c1-4-32-23(31)30-16-24(17-30)8-7-19(15-24)28-10-12-29(13-11-28)22-20(6-5-9-25-22)21-14-18(2)27(3)26-21/h5-6,9,14,19H,4,7-8,10-13,15-17H2,1-3H3/t19-/m1/s1. The van der Waals surface area contributed by atoms with Crippen LogP contribution < -0.4 is 4.90 Å². The lowest BCUT2D eigenvalue weighted by atomic mass is 9.78. The maximum absolute atomic E-state index is 11.9. The highest BCUT2D eigenvalue weighted by Gasteiger charge is 2.51. The van der Waals surface area contributed by atoms with Gasteiger partial charge in [0.1, 0.15) is 5.82 Å². The first-order valence-electron chi connectivity index (χ1n) is 11.8. The fourth-order valence-electron chi connectivity index (χ4n) is 5.72. The summed E-state index contributed by atoms with van der Waals surface area (Å²) in [5, 5.41) is 4.68. The van der Waals surface area contributed by atoms with E-state index in [0.29, 0.717) is 18.1 Å². The number of piperazine rings is 1. The maximum atomic E-state index is 11.9. The van der Waals surface area contributed by atoms with Crippen LogP contribution in [-0.2, 0) is 11.8 Å². The van der Waals surface area contributed by atoms with E-state index in [1.165, 1.54) is 19.3 Å². The molecule has 3 fully saturated rings. The third kappa shape index (κ3) is 3.85. The van der Waals surface area contributed by atoms with Crippen molar-refractivity contribution in [2.75, 3.05) is 50.8 Å². The number of pyridine rings is 1. The predicted octanol–water partition coefficient (Wildman–Crippen LogP) is 2.92. The van der Waals surface area contributed by atoms with Crippen molar-refractivity contribution in [2.24, 2.45) is 12.5 Å². The van der Waals surface area contributed by atoms with E-state index in [1.807, 2.05) is 35.8 Å². The summed E-state index contributed by atoms with van der Waals surface area (Å²) >= 11 is 0. The van der Waals surface area contributed by atoms with Crippen LogP contribution in [0.5, 0.6) is 0 Å². The topological polar surface area (TPSA) is 66.7 Å². The number of carbonyl (C=O) groups excluding carboxylic acids is 1. The van der Waals surface area contributed by atoms with Crippen LogP contribution in [0.25, 0.3) is 11.3 Å². The first-order chi connectivity index (χ1) is 15.5. The molecular formula is C24H34N6O2. The second-order valence-electron chi connectivity index (χ2n) is 9.64. The molecule has 32 heavy (non-hydrogen) atoms. The summed E-state index contributed by atoms with van der Waals surface area (Å²) in [5.41, 5.74) is 3.56. The van der Waals surface area contributed by atoms with Crippen LogP contribution in [-0.4, -0.2) is 82.6 Å². The van der Waals surface area contributed by atoms with E-state index < -0.39 is 0 Å². The molecule has 0 bridgehead atoms. The highest BCUT2D eigenvalue weighted by molar-refractivity contribution is 5.73. The zero-order valence-corrected chi connectivity index (χ0v) is 19.5. The SMILES string of the molecule is CCOC(=O)N1CC2(CC[C@@H](N3CCN(c4ncccc4-c4cc(C)n(C)n4)CC3)C2)C1. The molecule has 2 aromatic rings. The number of likely N-dealkylation sites (tertiary alicyclic amines) is 1. The van der Waals surface area contributed by atoms with E-state index in [9.17, 15) is 4.79 Å². The molecule has 2 aromatic heterocycles. The number of rotatable bonds is 4. The number of anilines is 1. The Bertz CT molecular complexity index is 955. The molecule has 8 heteroatoms. The number of aryl methyl sites for hydroxylation is 2. The van der Waals surface area contributed by atoms with Crippen molar-refractivity contribution in [1.82, 2.24) is 24.6 Å². The molecule has 5 rings (SSSR count). The van der Waals surface area contributed by atoms with Crippen molar-refractivity contribution in [3.63, 3.8) is 0 Å². The first kappa shape index (κ1) is 21.2. The van der Waals surface area contributed by atoms with Gasteiger partial charge in [-0.2, -0.15) is 5.10 Å². The Morgan fingerprint density at radius 3 is 2.72 bits per heavy atom. The molecule has 3 aliphatic rings. The zero-order valence-electron chi connectivity index (χ0n) is 19.5. The predicted molar refractivity (Wildman–Crippen MR) is 124 cm³/mol. The van der Waals surface area contributed by atoms with Gasteiger partial charge in [0, 0.05) is 75.2 Å². The molecule has 4 heterocycles. The molecule has 1 saturated carbocycles. The number of aromatic nitrogens is 3. The first-order valence-corrected chi connectivity index (χ1v) is 11.8. The van der Waals surface area contributed by atoms with Crippen molar-refractivity contribution < 1.29 is 9.53 Å². The van der Waals surface area contributed by atoms with E-state index in [4.69, 9.17) is 9.72 Å². The molecule has 2 saturated heterocycles. The van der Waals surface area contributed by atoms with Crippen molar-refractivity contribution in [3.05, 3.63) is 30.1 Å². The summed E-state index contributed by atoms with van der Waals surface area (Å²) in [7, 11) is 1.98. The Balaban J connectivity index is 1.19. The highest BCUT2D eigenvalue weighted by Crippen LogP contribution is 2.47. The van der Waals surface area contributed by atoms with Gasteiger partial charge >= 0.3 is 6.09 Å². The lowest BCUT2D eigenvalue weighted by molar-refractivity contribution is -0.00294. The van der Waals surface area contributed by atoms with Gasteiger partial charge < -0.3 is 14.5 Å². The Morgan fingerprint density at radius 1 is 1.25 bits per heavy atom. The van der Waals surface area contributed by atoms with E-state index in [0.717, 1.165) is 62.0 Å². The summed E-state index contributed by atoms with van der Waals surface area (Å²) in [6, 6.07) is 6.88. The van der Waals surface area contributed by atoms with Gasteiger partial charge in [-0.3, -0.25) is 9.58 Å². The number of amides is 1. The molecular weight excluding hydrogens is 404 g/mol. The highest BCUT2D eigenvalue weighted by atomic mass is 16.6. The van der Waals surface area contributed by atoms with Crippen LogP contribution in [0.2, 0.25) is 0 Å². The van der Waals surface area contributed by atoms with E-state index >= 15 is 0 Å². The van der Waals surface area contributed by atoms with Crippen LogP contribution >= 0.6 is 0 Å². The lowest BCUT2D eigenvalue weighted by Crippen LogP contribution is -2.58. The smallest absolute Gasteiger partial charge is 0.409 e. The molecule has 172 valence electrons. The van der Waals surface area contributed by atoms with Crippen LogP contribution in [0.15, 0.2) is 24.4 Å². The molecule has 2 aliphatic heterocycles. The van der Waals surface area contributed by atoms with Gasteiger partial charge in [0.2, 0.25) is 0 Å². The molecule has 0 radical (unpaired) electrons. The van der Waals surface area contributed by atoms with Gasteiger partial charge in [0.25, 0.3) is 0 Å². The lowest BCUT2D eigenvalue weighted by Gasteiger charge is -2.48. The van der Waals surface area contributed by atoms with Crippen LogP contribution in [0.1, 0.15) is 31.9 Å². The number of carbonyl (C=O) groups is 1. The van der Waals surface area contributed by atoms with Gasteiger partial charge in [-0.1, -0.05) is 0 Å². The molecule has 1 aliphatic carbocycles. The fraction of sp³-hybridized carbons (Fsp3) is 0.625. The molecule has 0 unspecified atom stereocenters. The molecule has 1 amide bonds. The molecule has 8 nitrogen and oxygen atoms in total. The maximum Gasteiger partial charge on any atom is 0.409 e. The summed E-state index contributed by atoms with van der Waals surface area (Å²) in [4.78, 5) is 23.6. The Kier molecular flexibility index (Phi) is 5.57. The second kappa shape index (κ2) is 8.39. The summed E-state index contributed by atoms with van der Waals surface area (Å²) in [6.45, 7) is 10.2. The monoisotopic (exact) mass is 438 g/mol. The van der Waals surface area contributed by atoms with Gasteiger partial charge in [-0.25, -0.2) is 9.78 Å². The zero-order chi connectivity index (χ0) is 22.3. The van der Waals surface area contributed by atoms with Gasteiger partial charge in [0.15, 0.2) is 0 Å². The normalized spacial score (nSPS) is 22.9. The Hall–Kier alpha value is -2.61. The van der Waals surface area contributed by atoms with Gasteiger partial charge in [-0.05, 0) is 51.3 Å².